The molecule has 0 bridgehead atoms. The summed E-state index contributed by atoms with van der Waals surface area (Å²) in [5.41, 5.74) is -0.00676. The third kappa shape index (κ3) is 2.32. The van der Waals surface area contributed by atoms with E-state index < -0.39 is 0 Å². The summed E-state index contributed by atoms with van der Waals surface area (Å²) in [7, 11) is 0. The van der Waals surface area contributed by atoms with Crippen LogP contribution in [0.5, 0.6) is 0 Å². The summed E-state index contributed by atoms with van der Waals surface area (Å²) in [6.07, 6.45) is 4.77. The molecule has 1 saturated carbocycles. The highest BCUT2D eigenvalue weighted by molar-refractivity contribution is 5.81. The topological polar surface area (TPSA) is 17.1 Å². The SMILES string of the molecule is CC(=O)C1(C)CCCC(C(C)C)C1. The molecule has 2 atom stereocenters. The zero-order chi connectivity index (χ0) is 10.1. The van der Waals surface area contributed by atoms with Crippen molar-refractivity contribution in [3.63, 3.8) is 0 Å². The molecular formula is C12H22O. The van der Waals surface area contributed by atoms with Crippen molar-refractivity contribution in [3.05, 3.63) is 0 Å². The first kappa shape index (κ1) is 10.7. The largest absolute Gasteiger partial charge is 0.299 e. The van der Waals surface area contributed by atoms with Crippen molar-refractivity contribution in [1.29, 1.82) is 0 Å². The highest BCUT2D eigenvalue weighted by atomic mass is 16.1. The molecule has 0 spiro atoms. The minimum atomic E-state index is -0.00676. The minimum Gasteiger partial charge on any atom is -0.299 e. The van der Waals surface area contributed by atoms with E-state index in [4.69, 9.17) is 0 Å². The quantitative estimate of drug-likeness (QED) is 0.639. The number of carbonyl (C=O) groups is 1. The van der Waals surface area contributed by atoms with Gasteiger partial charge in [0, 0.05) is 5.41 Å². The van der Waals surface area contributed by atoms with Crippen molar-refractivity contribution >= 4 is 5.78 Å². The Morgan fingerprint density at radius 2 is 2.08 bits per heavy atom. The van der Waals surface area contributed by atoms with Crippen LogP contribution >= 0.6 is 0 Å². The van der Waals surface area contributed by atoms with Crippen molar-refractivity contribution in [2.45, 2.75) is 53.4 Å². The minimum absolute atomic E-state index is 0.00676. The molecule has 0 N–H and O–H groups in total. The van der Waals surface area contributed by atoms with Gasteiger partial charge in [-0.15, -0.1) is 0 Å². The lowest BCUT2D eigenvalue weighted by Crippen LogP contribution is -2.33. The second-order valence-electron chi connectivity index (χ2n) is 5.22. The summed E-state index contributed by atoms with van der Waals surface area (Å²) in [6, 6.07) is 0. The van der Waals surface area contributed by atoms with Gasteiger partial charge in [0.05, 0.1) is 0 Å². The first-order valence-electron chi connectivity index (χ1n) is 5.47. The predicted molar refractivity (Wildman–Crippen MR) is 55.6 cm³/mol. The van der Waals surface area contributed by atoms with E-state index in [1.807, 2.05) is 0 Å². The first-order valence-corrected chi connectivity index (χ1v) is 5.47. The van der Waals surface area contributed by atoms with Crippen LogP contribution in [0.4, 0.5) is 0 Å². The Morgan fingerprint density at radius 1 is 1.46 bits per heavy atom. The van der Waals surface area contributed by atoms with E-state index in [1.54, 1.807) is 6.92 Å². The Bertz CT molecular complexity index is 195. The predicted octanol–water partition coefficient (Wildman–Crippen LogP) is 3.43. The molecule has 1 aliphatic rings. The highest BCUT2D eigenvalue weighted by Gasteiger charge is 2.36. The molecule has 13 heavy (non-hydrogen) atoms. The van der Waals surface area contributed by atoms with Crippen molar-refractivity contribution in [1.82, 2.24) is 0 Å². The standard InChI is InChI=1S/C12H22O/c1-9(2)11-6-5-7-12(4,8-11)10(3)13/h9,11H,5-8H2,1-4H3. The smallest absolute Gasteiger partial charge is 0.135 e. The third-order valence-electron chi connectivity index (χ3n) is 3.81. The van der Waals surface area contributed by atoms with Crippen LogP contribution < -0.4 is 0 Å². The number of rotatable bonds is 2. The molecule has 76 valence electrons. The average molecular weight is 182 g/mol. The van der Waals surface area contributed by atoms with Crippen molar-refractivity contribution in [3.8, 4) is 0 Å². The molecule has 1 aliphatic carbocycles. The molecule has 0 aromatic carbocycles. The molecule has 0 aliphatic heterocycles. The van der Waals surface area contributed by atoms with Gasteiger partial charge in [0.2, 0.25) is 0 Å². The Labute approximate surface area is 81.9 Å². The van der Waals surface area contributed by atoms with Gasteiger partial charge in [0.1, 0.15) is 5.78 Å². The number of hydrogen-bond acceptors (Lipinski definition) is 1. The Kier molecular flexibility index (Phi) is 3.15. The molecule has 0 amide bonds. The van der Waals surface area contributed by atoms with Crippen LogP contribution in [0.25, 0.3) is 0 Å². The molecule has 2 unspecified atom stereocenters. The molecule has 0 aromatic rings. The molecule has 0 heterocycles. The lowest BCUT2D eigenvalue weighted by molar-refractivity contribution is -0.128. The van der Waals surface area contributed by atoms with Gasteiger partial charge in [-0.05, 0) is 31.6 Å². The van der Waals surface area contributed by atoms with Gasteiger partial charge in [-0.3, -0.25) is 4.79 Å². The lowest BCUT2D eigenvalue weighted by Gasteiger charge is -2.38. The zero-order valence-electron chi connectivity index (χ0n) is 9.39. The highest BCUT2D eigenvalue weighted by Crippen LogP contribution is 2.42. The van der Waals surface area contributed by atoms with E-state index in [2.05, 4.69) is 20.8 Å². The Morgan fingerprint density at radius 3 is 2.54 bits per heavy atom. The van der Waals surface area contributed by atoms with Crippen LogP contribution in [0, 0.1) is 17.3 Å². The molecule has 0 radical (unpaired) electrons. The maximum atomic E-state index is 11.5. The maximum Gasteiger partial charge on any atom is 0.135 e. The molecule has 1 heteroatoms. The van der Waals surface area contributed by atoms with Crippen LogP contribution in [-0.2, 0) is 4.79 Å². The summed E-state index contributed by atoms with van der Waals surface area (Å²) >= 11 is 0. The van der Waals surface area contributed by atoms with Crippen molar-refractivity contribution < 1.29 is 4.79 Å². The van der Waals surface area contributed by atoms with Gasteiger partial charge in [0.15, 0.2) is 0 Å². The van der Waals surface area contributed by atoms with Gasteiger partial charge >= 0.3 is 0 Å². The number of Topliss-reactive ketones (excluding diaryl/α,β-unsaturated/α-hetero) is 1. The molecule has 0 aromatic heterocycles. The molecule has 0 saturated heterocycles. The van der Waals surface area contributed by atoms with E-state index in [9.17, 15) is 4.79 Å². The van der Waals surface area contributed by atoms with Crippen molar-refractivity contribution in [2.75, 3.05) is 0 Å². The van der Waals surface area contributed by atoms with E-state index >= 15 is 0 Å². The van der Waals surface area contributed by atoms with Crippen LogP contribution in [0.15, 0.2) is 0 Å². The summed E-state index contributed by atoms with van der Waals surface area (Å²) in [5, 5.41) is 0. The lowest BCUT2D eigenvalue weighted by atomic mass is 9.66. The number of ketones is 1. The summed E-state index contributed by atoms with van der Waals surface area (Å²) in [6.45, 7) is 8.44. The van der Waals surface area contributed by atoms with Gasteiger partial charge in [0.25, 0.3) is 0 Å². The summed E-state index contributed by atoms with van der Waals surface area (Å²) in [4.78, 5) is 11.5. The van der Waals surface area contributed by atoms with Crippen LogP contribution in [0.2, 0.25) is 0 Å². The molecule has 1 fully saturated rings. The van der Waals surface area contributed by atoms with E-state index in [-0.39, 0.29) is 5.41 Å². The second-order valence-corrected chi connectivity index (χ2v) is 5.22. The van der Waals surface area contributed by atoms with E-state index in [0.717, 1.165) is 24.7 Å². The molecular weight excluding hydrogens is 160 g/mol. The van der Waals surface area contributed by atoms with Crippen LogP contribution in [-0.4, -0.2) is 5.78 Å². The van der Waals surface area contributed by atoms with Gasteiger partial charge in [-0.1, -0.05) is 33.6 Å². The fraction of sp³-hybridized carbons (Fsp3) is 0.917. The van der Waals surface area contributed by atoms with Crippen LogP contribution in [0.3, 0.4) is 0 Å². The Hall–Kier alpha value is -0.330. The van der Waals surface area contributed by atoms with E-state index in [0.29, 0.717) is 5.78 Å². The summed E-state index contributed by atoms with van der Waals surface area (Å²) < 4.78 is 0. The van der Waals surface area contributed by atoms with Crippen molar-refractivity contribution in [2.24, 2.45) is 17.3 Å². The van der Waals surface area contributed by atoms with Gasteiger partial charge in [-0.2, -0.15) is 0 Å². The number of carbonyl (C=O) groups excluding carboxylic acids is 1. The van der Waals surface area contributed by atoms with Gasteiger partial charge < -0.3 is 0 Å². The molecule has 1 rings (SSSR count). The fourth-order valence-corrected chi connectivity index (χ4v) is 2.43. The monoisotopic (exact) mass is 182 g/mol. The van der Waals surface area contributed by atoms with E-state index in [1.165, 1.54) is 12.8 Å². The Balaban J connectivity index is 2.65. The van der Waals surface area contributed by atoms with Gasteiger partial charge in [-0.25, -0.2) is 0 Å². The third-order valence-corrected chi connectivity index (χ3v) is 3.81. The van der Waals surface area contributed by atoms with Crippen LogP contribution in [0.1, 0.15) is 53.4 Å². The first-order chi connectivity index (χ1) is 5.96. The summed E-state index contributed by atoms with van der Waals surface area (Å²) in [5.74, 6) is 1.89. The second kappa shape index (κ2) is 3.81. The maximum absolute atomic E-state index is 11.5. The zero-order valence-corrected chi connectivity index (χ0v) is 9.39. The number of hydrogen-bond donors (Lipinski definition) is 0. The normalized spacial score (nSPS) is 35.0. The fourth-order valence-electron chi connectivity index (χ4n) is 2.43. The average Bonchev–Trinajstić information content (AvgIpc) is 2.04. The molecule has 1 nitrogen and oxygen atoms in total.